The first-order chi connectivity index (χ1) is 24.0. The second-order valence-electron chi connectivity index (χ2n) is 14.3. The maximum absolute atomic E-state index is 5.55. The summed E-state index contributed by atoms with van der Waals surface area (Å²) >= 11 is 0. The van der Waals surface area contributed by atoms with Gasteiger partial charge in [-0.25, -0.2) is 0 Å². The molecule has 0 saturated heterocycles. The Morgan fingerprint density at radius 1 is 0.939 bits per heavy atom. The van der Waals surface area contributed by atoms with Gasteiger partial charge in [-0.3, -0.25) is 0 Å². The van der Waals surface area contributed by atoms with Gasteiger partial charge in [0, 0.05) is 35.6 Å². The van der Waals surface area contributed by atoms with Crippen molar-refractivity contribution in [2.24, 2.45) is 5.92 Å². The van der Waals surface area contributed by atoms with E-state index in [2.05, 4.69) is 152 Å². The lowest BCUT2D eigenvalue weighted by molar-refractivity contribution is 0.507. The molecule has 3 aromatic carbocycles. The van der Waals surface area contributed by atoms with E-state index in [0.29, 0.717) is 24.0 Å². The van der Waals surface area contributed by atoms with Crippen molar-refractivity contribution in [2.45, 2.75) is 83.8 Å². The van der Waals surface area contributed by atoms with Crippen molar-refractivity contribution in [3.8, 4) is 12.3 Å². The second kappa shape index (κ2) is 14.8. The van der Waals surface area contributed by atoms with Crippen LogP contribution in [0.3, 0.4) is 0 Å². The Bertz CT molecular complexity index is 1870. The molecule has 2 nitrogen and oxygen atoms in total. The Hall–Kier alpha value is -4.74. The monoisotopic (exact) mass is 642 g/mol. The molecule has 3 aliphatic carbocycles. The number of benzene rings is 3. The average Bonchev–Trinajstić information content (AvgIpc) is 3.48. The van der Waals surface area contributed by atoms with Crippen molar-refractivity contribution >= 4 is 22.5 Å². The second-order valence-corrected chi connectivity index (χ2v) is 14.3. The molecule has 0 bridgehead atoms. The quantitative estimate of drug-likeness (QED) is 0.203. The van der Waals surface area contributed by atoms with Gasteiger partial charge in [0.2, 0.25) is 0 Å². The molecule has 0 radical (unpaired) electrons. The van der Waals surface area contributed by atoms with Crippen LogP contribution in [0.15, 0.2) is 138 Å². The summed E-state index contributed by atoms with van der Waals surface area (Å²) in [7, 11) is 0. The third kappa shape index (κ3) is 6.91. The Kier molecular flexibility index (Phi) is 9.90. The highest BCUT2D eigenvalue weighted by Crippen LogP contribution is 2.47. The van der Waals surface area contributed by atoms with Crippen molar-refractivity contribution < 1.29 is 0 Å². The molecule has 0 saturated carbocycles. The largest absolute Gasteiger partial charge is 0.368 e. The highest BCUT2D eigenvalue weighted by Gasteiger charge is 2.38. The molecular formula is C47H50N2. The number of rotatable bonds is 10. The highest BCUT2D eigenvalue weighted by molar-refractivity contribution is 5.96. The van der Waals surface area contributed by atoms with Crippen LogP contribution < -0.4 is 9.80 Å². The molecule has 4 unspecified atom stereocenters. The molecule has 1 aliphatic heterocycles. The van der Waals surface area contributed by atoms with Gasteiger partial charge in [-0.15, -0.1) is 6.42 Å². The molecular weight excluding hydrogens is 593 g/mol. The Morgan fingerprint density at radius 3 is 2.49 bits per heavy atom. The Labute approximate surface area is 294 Å². The topological polar surface area (TPSA) is 6.48 Å². The first-order valence-corrected chi connectivity index (χ1v) is 18.4. The first kappa shape index (κ1) is 32.8. The Balaban J connectivity index is 1.12. The van der Waals surface area contributed by atoms with Gasteiger partial charge in [0.1, 0.15) is 0 Å². The van der Waals surface area contributed by atoms with Crippen LogP contribution >= 0.6 is 0 Å². The normalized spacial score (nSPS) is 21.3. The van der Waals surface area contributed by atoms with E-state index in [0.717, 1.165) is 25.8 Å². The van der Waals surface area contributed by atoms with Gasteiger partial charge in [-0.05, 0) is 134 Å². The van der Waals surface area contributed by atoms with Crippen molar-refractivity contribution in [1.82, 2.24) is 0 Å². The van der Waals surface area contributed by atoms with Crippen LogP contribution in [0.2, 0.25) is 0 Å². The zero-order chi connectivity index (χ0) is 33.7. The van der Waals surface area contributed by atoms with Crippen LogP contribution in [0.5, 0.6) is 0 Å². The molecule has 49 heavy (non-hydrogen) atoms. The molecule has 1 heterocycles. The molecule has 2 heteroatoms. The Morgan fingerprint density at radius 2 is 1.73 bits per heavy atom. The van der Waals surface area contributed by atoms with E-state index >= 15 is 0 Å². The maximum Gasteiger partial charge on any atom is 0.0587 e. The number of hydrogen-bond donors (Lipinski definition) is 0. The zero-order valence-corrected chi connectivity index (χ0v) is 29.5. The van der Waals surface area contributed by atoms with Gasteiger partial charge >= 0.3 is 0 Å². The number of hydrogen-bond acceptors (Lipinski definition) is 2. The molecule has 248 valence electrons. The lowest BCUT2D eigenvalue weighted by atomic mass is 9.84. The minimum absolute atomic E-state index is 0.337. The molecule has 7 rings (SSSR count). The van der Waals surface area contributed by atoms with E-state index in [4.69, 9.17) is 6.42 Å². The van der Waals surface area contributed by atoms with Crippen molar-refractivity contribution in [3.05, 3.63) is 155 Å². The van der Waals surface area contributed by atoms with Gasteiger partial charge in [0.15, 0.2) is 0 Å². The number of nitrogens with zero attached hydrogens (tertiary/aromatic N) is 2. The fraction of sp³-hybridized carbons (Fsp3) is 0.319. The summed E-state index contributed by atoms with van der Waals surface area (Å²) < 4.78 is 0. The van der Waals surface area contributed by atoms with E-state index in [9.17, 15) is 0 Å². The fourth-order valence-corrected chi connectivity index (χ4v) is 8.48. The van der Waals surface area contributed by atoms with Crippen molar-refractivity contribution in [1.29, 1.82) is 0 Å². The number of fused-ring (bicyclic) bond motifs is 3. The lowest BCUT2D eigenvalue weighted by Gasteiger charge is -2.37. The van der Waals surface area contributed by atoms with Crippen LogP contribution in [-0.4, -0.2) is 24.7 Å². The van der Waals surface area contributed by atoms with Gasteiger partial charge in [-0.2, -0.15) is 0 Å². The predicted molar refractivity (Wildman–Crippen MR) is 211 cm³/mol. The van der Waals surface area contributed by atoms with Gasteiger partial charge in [-0.1, -0.05) is 104 Å². The summed E-state index contributed by atoms with van der Waals surface area (Å²) in [6, 6.07) is 30.6. The van der Waals surface area contributed by atoms with Gasteiger partial charge in [0.05, 0.1) is 6.04 Å². The molecule has 0 spiro atoms. The van der Waals surface area contributed by atoms with Crippen LogP contribution in [0.25, 0.3) is 11.1 Å². The maximum atomic E-state index is 5.55. The van der Waals surface area contributed by atoms with E-state index in [1.807, 2.05) is 6.08 Å². The third-order valence-corrected chi connectivity index (χ3v) is 11.4. The minimum atomic E-state index is 0.337. The lowest BCUT2D eigenvalue weighted by Crippen LogP contribution is -2.42. The van der Waals surface area contributed by atoms with Gasteiger partial charge < -0.3 is 9.80 Å². The average molecular weight is 643 g/mol. The first-order valence-electron chi connectivity index (χ1n) is 18.4. The van der Waals surface area contributed by atoms with E-state index in [1.54, 1.807) is 11.1 Å². The summed E-state index contributed by atoms with van der Waals surface area (Å²) in [6.45, 7) is 7.91. The SMILES string of the molecule is C#C/C=C\C(C)C(C)N1c2ccccc2C2=CC(c3ccc(N(CCc4ccccc4)C4CC=C(C5=C(C)C=CCC5)CC4)cc3)=CCC21. The van der Waals surface area contributed by atoms with Crippen LogP contribution in [0.4, 0.5) is 11.4 Å². The molecule has 0 aromatic heterocycles. The fourth-order valence-electron chi connectivity index (χ4n) is 8.48. The standard InChI is InChI=1S/C47H50N2/c1-5-6-14-34(2)36(4)49-46-20-13-12-19-44(46)45-33-40(25-30-47(45)49)38-21-26-41(27-22-38)48(32-31-37-16-8-7-9-17-37)42-28-23-39(24-29-42)43-18-11-10-15-35(43)3/h1,6-10,12-17,19-23,25-27,33-34,36,42,47H,11,18,24,28-32H2,2-4H3/b14-6-. The number of terminal acetylenes is 1. The molecule has 4 atom stereocenters. The predicted octanol–water partition coefficient (Wildman–Crippen LogP) is 11.2. The van der Waals surface area contributed by atoms with E-state index in [1.165, 1.54) is 70.5 Å². The summed E-state index contributed by atoms with van der Waals surface area (Å²) in [6.07, 6.45) is 29.6. The summed E-state index contributed by atoms with van der Waals surface area (Å²) in [5.74, 6) is 3.02. The highest BCUT2D eigenvalue weighted by atomic mass is 15.2. The molecule has 0 fully saturated rings. The number of allylic oxidation sites excluding steroid dienone is 8. The molecule has 0 N–H and O–H groups in total. The molecule has 0 amide bonds. The van der Waals surface area contributed by atoms with Crippen LogP contribution in [0, 0.1) is 18.3 Å². The van der Waals surface area contributed by atoms with E-state index < -0.39 is 0 Å². The molecule has 3 aromatic rings. The molecule has 4 aliphatic rings. The smallest absolute Gasteiger partial charge is 0.0587 e. The number of anilines is 2. The van der Waals surface area contributed by atoms with Gasteiger partial charge in [0.25, 0.3) is 0 Å². The van der Waals surface area contributed by atoms with Crippen LogP contribution in [-0.2, 0) is 6.42 Å². The van der Waals surface area contributed by atoms with Crippen molar-refractivity contribution in [3.63, 3.8) is 0 Å². The van der Waals surface area contributed by atoms with Crippen LogP contribution in [0.1, 0.15) is 76.0 Å². The summed E-state index contributed by atoms with van der Waals surface area (Å²) in [4.78, 5) is 5.32. The summed E-state index contributed by atoms with van der Waals surface area (Å²) in [5, 5.41) is 0. The number of para-hydroxylation sites is 1. The third-order valence-electron chi connectivity index (χ3n) is 11.4. The minimum Gasteiger partial charge on any atom is -0.368 e. The van der Waals surface area contributed by atoms with E-state index in [-0.39, 0.29) is 0 Å². The van der Waals surface area contributed by atoms with Crippen molar-refractivity contribution in [2.75, 3.05) is 16.3 Å². The summed E-state index contributed by atoms with van der Waals surface area (Å²) in [5.41, 5.74) is 14.1. The zero-order valence-electron chi connectivity index (χ0n) is 29.5.